The molecular formula is C16H13FN4O2. The highest BCUT2D eigenvalue weighted by Gasteiger charge is 2.20. The molecule has 3 rings (SSSR count). The van der Waals surface area contributed by atoms with Crippen molar-refractivity contribution in [3.63, 3.8) is 0 Å². The Balaban J connectivity index is 2.21. The summed E-state index contributed by atoms with van der Waals surface area (Å²) in [7, 11) is 0. The van der Waals surface area contributed by atoms with Gasteiger partial charge in [-0.2, -0.15) is 0 Å². The van der Waals surface area contributed by atoms with Gasteiger partial charge in [0.05, 0.1) is 22.6 Å². The Bertz CT molecular complexity index is 905. The molecule has 116 valence electrons. The number of anilines is 1. The summed E-state index contributed by atoms with van der Waals surface area (Å²) in [6, 6.07) is 7.81. The largest absolute Gasteiger partial charge is 0.478 e. The number of hydrogen-bond acceptors (Lipinski definition) is 4. The predicted molar refractivity (Wildman–Crippen MR) is 83.3 cm³/mol. The number of carboxylic acid groups (broad SMARTS) is 1. The lowest BCUT2D eigenvalue weighted by atomic mass is 10.0. The third-order valence-electron chi connectivity index (χ3n) is 3.46. The van der Waals surface area contributed by atoms with E-state index in [0.29, 0.717) is 17.0 Å². The second-order valence-electron chi connectivity index (χ2n) is 5.01. The van der Waals surface area contributed by atoms with Gasteiger partial charge in [-0.05, 0) is 30.7 Å². The van der Waals surface area contributed by atoms with Crippen LogP contribution in [0, 0.1) is 12.7 Å². The predicted octanol–water partition coefficient (Wildman–Crippen LogP) is 2.87. The van der Waals surface area contributed by atoms with Crippen molar-refractivity contribution >= 4 is 11.9 Å². The zero-order valence-electron chi connectivity index (χ0n) is 12.2. The first-order chi connectivity index (χ1) is 11.0. The van der Waals surface area contributed by atoms with Gasteiger partial charge in [-0.25, -0.2) is 19.2 Å². The third kappa shape index (κ3) is 2.64. The van der Waals surface area contributed by atoms with Crippen molar-refractivity contribution in [3.05, 3.63) is 53.5 Å². The Morgan fingerprint density at radius 1 is 1.35 bits per heavy atom. The number of carboxylic acids is 1. The van der Waals surface area contributed by atoms with Crippen LogP contribution in [-0.4, -0.2) is 26.0 Å². The van der Waals surface area contributed by atoms with E-state index in [4.69, 9.17) is 5.73 Å². The van der Waals surface area contributed by atoms with E-state index in [1.54, 1.807) is 25.1 Å². The second kappa shape index (κ2) is 5.53. The summed E-state index contributed by atoms with van der Waals surface area (Å²) in [6.07, 6.45) is 1.46. The highest BCUT2D eigenvalue weighted by molar-refractivity contribution is 5.97. The lowest BCUT2D eigenvalue weighted by molar-refractivity contribution is 0.0698. The topological polar surface area (TPSA) is 105 Å². The molecule has 23 heavy (non-hydrogen) atoms. The Hall–Kier alpha value is -3.22. The van der Waals surface area contributed by atoms with Crippen molar-refractivity contribution in [1.29, 1.82) is 0 Å². The first-order valence-corrected chi connectivity index (χ1v) is 6.78. The molecule has 0 saturated heterocycles. The fourth-order valence-corrected chi connectivity index (χ4v) is 2.34. The third-order valence-corrected chi connectivity index (χ3v) is 3.46. The van der Waals surface area contributed by atoms with Gasteiger partial charge in [0.1, 0.15) is 5.82 Å². The number of nitrogens with one attached hydrogen (secondary N) is 1. The molecule has 0 bridgehead atoms. The summed E-state index contributed by atoms with van der Waals surface area (Å²) in [4.78, 5) is 22.3. The van der Waals surface area contributed by atoms with Crippen LogP contribution in [0.2, 0.25) is 0 Å². The van der Waals surface area contributed by atoms with Gasteiger partial charge in [0, 0.05) is 11.8 Å². The molecule has 0 radical (unpaired) electrons. The van der Waals surface area contributed by atoms with Gasteiger partial charge in [0.15, 0.2) is 0 Å². The molecule has 0 aliphatic heterocycles. The number of nitrogen functional groups attached to an aromatic ring is 1. The van der Waals surface area contributed by atoms with Gasteiger partial charge in [-0.1, -0.05) is 12.1 Å². The van der Waals surface area contributed by atoms with Crippen LogP contribution >= 0.6 is 0 Å². The van der Waals surface area contributed by atoms with E-state index in [-0.39, 0.29) is 22.8 Å². The number of aromatic amines is 1. The highest BCUT2D eigenvalue weighted by atomic mass is 19.1. The first kappa shape index (κ1) is 14.7. The van der Waals surface area contributed by atoms with Crippen molar-refractivity contribution in [3.8, 4) is 22.6 Å². The van der Waals surface area contributed by atoms with E-state index in [1.807, 2.05) is 0 Å². The van der Waals surface area contributed by atoms with Crippen molar-refractivity contribution in [2.24, 2.45) is 0 Å². The average Bonchev–Trinajstić information content (AvgIpc) is 2.95. The monoisotopic (exact) mass is 312 g/mol. The number of H-pyrrole nitrogens is 1. The number of nitrogens with zero attached hydrogens (tertiary/aromatic N) is 2. The summed E-state index contributed by atoms with van der Waals surface area (Å²) < 4.78 is 14.3. The molecule has 6 nitrogen and oxygen atoms in total. The number of nitrogens with two attached hydrogens (primary N) is 1. The molecule has 0 atom stereocenters. The zero-order chi connectivity index (χ0) is 16.6. The molecule has 0 fully saturated rings. The van der Waals surface area contributed by atoms with Crippen LogP contribution in [0.3, 0.4) is 0 Å². The molecule has 4 N–H and O–H groups in total. The number of rotatable bonds is 3. The second-order valence-corrected chi connectivity index (χ2v) is 5.01. The van der Waals surface area contributed by atoms with Gasteiger partial charge in [0.2, 0.25) is 5.95 Å². The molecule has 0 unspecified atom stereocenters. The summed E-state index contributed by atoms with van der Waals surface area (Å²) >= 11 is 0. The average molecular weight is 312 g/mol. The fraction of sp³-hybridized carbons (Fsp3) is 0.0625. The number of hydrogen-bond donors (Lipinski definition) is 3. The Kier molecular flexibility index (Phi) is 3.53. The highest BCUT2D eigenvalue weighted by Crippen LogP contribution is 2.31. The summed E-state index contributed by atoms with van der Waals surface area (Å²) in [5.74, 6) is -1.56. The number of aryl methyl sites for hydroxylation is 1. The maximum Gasteiger partial charge on any atom is 0.337 e. The van der Waals surface area contributed by atoms with Gasteiger partial charge < -0.3 is 15.8 Å². The molecule has 0 amide bonds. The fourth-order valence-electron chi connectivity index (χ4n) is 2.34. The Labute approximate surface area is 130 Å². The Morgan fingerprint density at radius 3 is 2.83 bits per heavy atom. The SMILES string of the molecule is Cc1cccc(-c2[nH]c(-c3ccnc(N)n3)cc2C(=O)O)c1F. The van der Waals surface area contributed by atoms with Gasteiger partial charge in [-0.15, -0.1) is 0 Å². The summed E-state index contributed by atoms with van der Waals surface area (Å²) in [5.41, 5.74) is 7.16. The molecule has 0 saturated carbocycles. The van der Waals surface area contributed by atoms with Crippen LogP contribution in [-0.2, 0) is 0 Å². The maximum absolute atomic E-state index is 14.3. The van der Waals surface area contributed by atoms with E-state index < -0.39 is 11.8 Å². The van der Waals surface area contributed by atoms with E-state index in [9.17, 15) is 14.3 Å². The van der Waals surface area contributed by atoms with Gasteiger partial charge in [-0.3, -0.25) is 0 Å². The van der Waals surface area contributed by atoms with Crippen LogP contribution in [0.25, 0.3) is 22.6 Å². The van der Waals surface area contributed by atoms with Crippen molar-refractivity contribution in [2.45, 2.75) is 6.92 Å². The Morgan fingerprint density at radius 2 is 2.13 bits per heavy atom. The van der Waals surface area contributed by atoms with Crippen LogP contribution < -0.4 is 5.73 Å². The number of carbonyl (C=O) groups is 1. The number of aromatic carboxylic acids is 1. The smallest absolute Gasteiger partial charge is 0.337 e. The minimum atomic E-state index is -1.16. The molecule has 7 heteroatoms. The normalized spacial score (nSPS) is 10.7. The van der Waals surface area contributed by atoms with Crippen molar-refractivity contribution in [1.82, 2.24) is 15.0 Å². The van der Waals surface area contributed by atoms with E-state index >= 15 is 0 Å². The lowest BCUT2D eigenvalue weighted by Gasteiger charge is -2.05. The molecule has 0 aliphatic carbocycles. The van der Waals surface area contributed by atoms with Gasteiger partial charge in [0.25, 0.3) is 0 Å². The minimum Gasteiger partial charge on any atom is -0.478 e. The molecular weight excluding hydrogens is 299 g/mol. The van der Waals surface area contributed by atoms with Crippen LogP contribution in [0.1, 0.15) is 15.9 Å². The van der Waals surface area contributed by atoms with E-state index in [0.717, 1.165) is 0 Å². The van der Waals surface area contributed by atoms with Crippen molar-refractivity contribution < 1.29 is 14.3 Å². The molecule has 1 aromatic carbocycles. The van der Waals surface area contributed by atoms with Gasteiger partial charge >= 0.3 is 5.97 Å². The molecule has 0 spiro atoms. The number of benzene rings is 1. The van der Waals surface area contributed by atoms with Crippen LogP contribution in [0.15, 0.2) is 36.5 Å². The quantitative estimate of drug-likeness (QED) is 0.689. The van der Waals surface area contributed by atoms with Crippen LogP contribution in [0.5, 0.6) is 0 Å². The molecule has 0 aliphatic rings. The van der Waals surface area contributed by atoms with Crippen LogP contribution in [0.4, 0.5) is 10.3 Å². The van der Waals surface area contributed by atoms with E-state index in [2.05, 4.69) is 15.0 Å². The molecule has 3 aromatic rings. The zero-order valence-corrected chi connectivity index (χ0v) is 12.2. The standard InChI is InChI=1S/C16H13FN4O2/c1-8-3-2-4-9(13(8)17)14-10(15(22)23)7-12(20-14)11-5-6-19-16(18)21-11/h2-7,20H,1H3,(H,22,23)(H2,18,19,21). The first-order valence-electron chi connectivity index (χ1n) is 6.78. The molecule has 2 aromatic heterocycles. The van der Waals surface area contributed by atoms with E-state index in [1.165, 1.54) is 18.3 Å². The lowest BCUT2D eigenvalue weighted by Crippen LogP contribution is -1.98. The molecule has 2 heterocycles. The van der Waals surface area contributed by atoms with Crippen molar-refractivity contribution in [2.75, 3.05) is 5.73 Å². The summed E-state index contributed by atoms with van der Waals surface area (Å²) in [5, 5.41) is 9.40. The number of aromatic nitrogens is 3. The number of halogens is 1. The maximum atomic E-state index is 14.3. The minimum absolute atomic E-state index is 0.0401. The summed E-state index contributed by atoms with van der Waals surface area (Å²) in [6.45, 7) is 1.62.